The fourth-order valence-corrected chi connectivity index (χ4v) is 5.47. The number of halogens is 2. The zero-order valence-electron chi connectivity index (χ0n) is 15.1. The molecule has 3 rings (SSSR count). The Morgan fingerprint density at radius 2 is 1.93 bits per heavy atom. The van der Waals surface area contributed by atoms with E-state index in [1.165, 1.54) is 23.5 Å². The van der Waals surface area contributed by atoms with Gasteiger partial charge in [-0.25, -0.2) is 12.8 Å². The van der Waals surface area contributed by atoms with Crippen LogP contribution in [0.4, 0.5) is 4.39 Å². The van der Waals surface area contributed by atoms with Crippen molar-refractivity contribution < 1.29 is 17.6 Å². The van der Waals surface area contributed by atoms with E-state index in [1.807, 2.05) is 23.6 Å². The summed E-state index contributed by atoms with van der Waals surface area (Å²) < 4.78 is 40.3. The van der Waals surface area contributed by atoms with Crippen LogP contribution in [0.1, 0.15) is 19.8 Å². The van der Waals surface area contributed by atoms with Crippen LogP contribution in [-0.2, 0) is 21.2 Å². The second kappa shape index (κ2) is 8.55. The summed E-state index contributed by atoms with van der Waals surface area (Å²) in [6.45, 7) is 2.60. The fraction of sp³-hybridized carbons (Fsp3) is 0.263. The average molecular weight is 441 g/mol. The average Bonchev–Trinajstić information content (AvgIpc) is 2.97. The van der Waals surface area contributed by atoms with Crippen molar-refractivity contribution in [2.75, 3.05) is 5.75 Å². The molecule has 28 heavy (non-hydrogen) atoms. The van der Waals surface area contributed by atoms with E-state index >= 15 is 0 Å². The van der Waals surface area contributed by atoms with Crippen LogP contribution in [0, 0.1) is 5.82 Å². The molecular formula is C19H18ClFN2O3S2. The Hall–Kier alpha value is -2.03. The number of fused-ring (bicyclic) bond motifs is 1. The normalized spacial score (nSPS) is 12.6. The van der Waals surface area contributed by atoms with Gasteiger partial charge >= 0.3 is 0 Å². The lowest BCUT2D eigenvalue weighted by atomic mass is 10.3. The summed E-state index contributed by atoms with van der Waals surface area (Å²) in [7, 11) is -3.56. The van der Waals surface area contributed by atoms with Gasteiger partial charge in [-0.15, -0.1) is 0 Å². The molecule has 0 radical (unpaired) electrons. The minimum absolute atomic E-state index is 0.0130. The van der Waals surface area contributed by atoms with Crippen LogP contribution in [0.3, 0.4) is 0 Å². The molecule has 0 aliphatic rings. The third-order valence-corrected chi connectivity index (χ3v) is 7.25. The number of hydrogen-bond donors (Lipinski definition) is 0. The van der Waals surface area contributed by atoms with Gasteiger partial charge < -0.3 is 4.57 Å². The molecule has 0 spiro atoms. The maximum absolute atomic E-state index is 12.9. The van der Waals surface area contributed by atoms with E-state index in [4.69, 9.17) is 11.6 Å². The highest BCUT2D eigenvalue weighted by molar-refractivity contribution is 7.91. The summed E-state index contributed by atoms with van der Waals surface area (Å²) in [5, 5.41) is 0.612. The monoisotopic (exact) mass is 440 g/mol. The Bertz CT molecular complexity index is 1180. The van der Waals surface area contributed by atoms with Gasteiger partial charge in [-0.1, -0.05) is 22.9 Å². The molecule has 1 amide bonds. The van der Waals surface area contributed by atoms with Crippen molar-refractivity contribution in [3.8, 4) is 0 Å². The van der Waals surface area contributed by atoms with Gasteiger partial charge in [0.1, 0.15) is 5.82 Å². The van der Waals surface area contributed by atoms with Gasteiger partial charge in [0.2, 0.25) is 5.91 Å². The molecule has 0 unspecified atom stereocenters. The van der Waals surface area contributed by atoms with Crippen molar-refractivity contribution in [2.45, 2.75) is 31.2 Å². The maximum Gasteiger partial charge on any atom is 0.248 e. The summed E-state index contributed by atoms with van der Waals surface area (Å²) in [6.07, 6.45) is 0.157. The van der Waals surface area contributed by atoms with Gasteiger partial charge in [-0.3, -0.25) is 4.79 Å². The summed E-state index contributed by atoms with van der Waals surface area (Å²) in [5.74, 6) is -1.08. The largest absolute Gasteiger partial charge is 0.317 e. The van der Waals surface area contributed by atoms with E-state index in [9.17, 15) is 17.6 Å². The van der Waals surface area contributed by atoms with E-state index in [1.54, 1.807) is 6.07 Å². The number of nitrogens with zero attached hydrogens (tertiary/aromatic N) is 2. The lowest BCUT2D eigenvalue weighted by Gasteiger charge is -2.03. The molecule has 5 nitrogen and oxygen atoms in total. The maximum atomic E-state index is 12.9. The molecule has 0 saturated carbocycles. The number of sulfone groups is 1. The number of thiazole rings is 1. The first kappa shape index (κ1) is 20.7. The second-order valence-electron chi connectivity index (χ2n) is 6.12. The lowest BCUT2D eigenvalue weighted by molar-refractivity contribution is -0.118. The molecule has 0 aliphatic carbocycles. The van der Waals surface area contributed by atoms with Crippen LogP contribution in [0.15, 0.2) is 52.4 Å². The number of aromatic nitrogens is 1. The Labute approximate surface area is 171 Å². The molecule has 0 saturated heterocycles. The Morgan fingerprint density at radius 1 is 1.21 bits per heavy atom. The smallest absolute Gasteiger partial charge is 0.248 e. The van der Waals surface area contributed by atoms with Crippen LogP contribution in [-0.4, -0.2) is 24.6 Å². The first-order valence-electron chi connectivity index (χ1n) is 8.65. The molecule has 1 heterocycles. The fourth-order valence-electron chi connectivity index (χ4n) is 2.77. The van der Waals surface area contributed by atoms with Crippen LogP contribution in [0.5, 0.6) is 0 Å². The first-order chi connectivity index (χ1) is 13.3. The van der Waals surface area contributed by atoms with Crippen LogP contribution >= 0.6 is 22.9 Å². The SMILES string of the molecule is CCn1c(=NC(=O)CCCS(=O)(=O)c2ccc(F)cc2)sc2cc(Cl)ccc21. The number of carbonyl (C=O) groups excluding carboxylic acids is 1. The summed E-state index contributed by atoms with van der Waals surface area (Å²) >= 11 is 7.39. The highest BCUT2D eigenvalue weighted by Crippen LogP contribution is 2.22. The molecule has 0 atom stereocenters. The van der Waals surface area contributed by atoms with Gasteiger partial charge in [0.25, 0.3) is 0 Å². The Balaban J connectivity index is 1.72. The van der Waals surface area contributed by atoms with Gasteiger partial charge in [0.05, 0.1) is 20.9 Å². The molecule has 9 heteroatoms. The van der Waals surface area contributed by atoms with Crippen molar-refractivity contribution in [2.24, 2.45) is 4.99 Å². The van der Waals surface area contributed by atoms with Gasteiger partial charge in [0, 0.05) is 18.0 Å². The molecule has 3 aromatic rings. The van der Waals surface area contributed by atoms with Crippen molar-refractivity contribution in [1.82, 2.24) is 4.57 Å². The zero-order valence-corrected chi connectivity index (χ0v) is 17.5. The second-order valence-corrected chi connectivity index (χ2v) is 9.68. The molecule has 1 aromatic heterocycles. The Morgan fingerprint density at radius 3 is 2.61 bits per heavy atom. The minimum Gasteiger partial charge on any atom is -0.317 e. The predicted octanol–water partition coefficient (Wildman–Crippen LogP) is 4.20. The zero-order chi connectivity index (χ0) is 20.3. The minimum atomic E-state index is -3.56. The number of hydrogen-bond acceptors (Lipinski definition) is 4. The van der Waals surface area contributed by atoms with Crippen LogP contribution in [0.2, 0.25) is 5.02 Å². The van der Waals surface area contributed by atoms with Crippen molar-refractivity contribution in [3.05, 3.63) is 58.1 Å². The molecule has 0 N–H and O–H groups in total. The summed E-state index contributed by atoms with van der Waals surface area (Å²) in [5.41, 5.74) is 0.947. The molecular weight excluding hydrogens is 423 g/mol. The van der Waals surface area contributed by atoms with E-state index in [0.717, 1.165) is 22.3 Å². The van der Waals surface area contributed by atoms with Crippen LogP contribution in [0.25, 0.3) is 10.2 Å². The molecule has 2 aromatic carbocycles. The Kier molecular flexibility index (Phi) is 6.32. The predicted molar refractivity (Wildman–Crippen MR) is 109 cm³/mol. The van der Waals surface area contributed by atoms with Crippen LogP contribution < -0.4 is 4.80 Å². The van der Waals surface area contributed by atoms with E-state index in [2.05, 4.69) is 4.99 Å². The molecule has 0 fully saturated rings. The van der Waals surface area contributed by atoms with Gasteiger partial charge in [-0.2, -0.15) is 4.99 Å². The molecule has 148 valence electrons. The lowest BCUT2D eigenvalue weighted by Crippen LogP contribution is -2.16. The number of aryl methyl sites for hydroxylation is 1. The highest BCUT2D eigenvalue weighted by Gasteiger charge is 2.15. The molecule has 0 aliphatic heterocycles. The number of rotatable bonds is 6. The highest BCUT2D eigenvalue weighted by atomic mass is 35.5. The summed E-state index contributed by atoms with van der Waals surface area (Å²) in [6, 6.07) is 10.2. The van der Waals surface area contributed by atoms with Crippen molar-refractivity contribution in [3.63, 3.8) is 0 Å². The van der Waals surface area contributed by atoms with E-state index in [0.29, 0.717) is 16.4 Å². The quantitative estimate of drug-likeness (QED) is 0.539. The van der Waals surface area contributed by atoms with Crippen molar-refractivity contribution >= 4 is 48.9 Å². The first-order valence-corrected chi connectivity index (χ1v) is 11.5. The van der Waals surface area contributed by atoms with Gasteiger partial charge in [-0.05, 0) is 55.8 Å². The van der Waals surface area contributed by atoms with Gasteiger partial charge in [0.15, 0.2) is 14.6 Å². The number of benzene rings is 2. The van der Waals surface area contributed by atoms with E-state index in [-0.39, 0.29) is 29.4 Å². The van der Waals surface area contributed by atoms with E-state index < -0.39 is 15.7 Å². The summed E-state index contributed by atoms with van der Waals surface area (Å²) in [4.78, 5) is 17.0. The van der Waals surface area contributed by atoms with Crippen molar-refractivity contribution in [1.29, 1.82) is 0 Å². The third-order valence-electron chi connectivity index (χ3n) is 4.16. The topological polar surface area (TPSA) is 68.5 Å². The standard InChI is InChI=1S/C19H18ClFN2O3S2/c1-2-23-16-10-5-13(20)12-17(16)27-19(23)22-18(24)4-3-11-28(25,26)15-8-6-14(21)7-9-15/h5-10,12H,2-4,11H2,1H3. The number of carbonyl (C=O) groups is 1. The molecule has 0 bridgehead atoms. The number of amides is 1. The third kappa shape index (κ3) is 4.68.